The van der Waals surface area contributed by atoms with Gasteiger partial charge in [-0.3, -0.25) is 0 Å². The Morgan fingerprint density at radius 2 is 1.78 bits per heavy atom. The van der Waals surface area contributed by atoms with Crippen LogP contribution in [0.15, 0.2) is 48.5 Å². The topological polar surface area (TPSA) is 85.2 Å². The number of carboxylic acid groups (broad SMARTS) is 1. The third kappa shape index (κ3) is 4.32. The Kier molecular flexibility index (Phi) is 4.95. The second-order valence-corrected chi connectivity index (χ2v) is 5.67. The maximum atomic E-state index is 12.9. The molecule has 0 fully saturated rings. The van der Waals surface area contributed by atoms with Crippen molar-refractivity contribution >= 4 is 17.6 Å². The minimum atomic E-state index is -4.55. The van der Waals surface area contributed by atoms with E-state index in [1.807, 2.05) is 0 Å². The van der Waals surface area contributed by atoms with Crippen molar-refractivity contribution in [3.63, 3.8) is 0 Å². The molecule has 0 spiro atoms. The van der Waals surface area contributed by atoms with Crippen molar-refractivity contribution < 1.29 is 27.8 Å². The number of aromatic nitrogens is 3. The van der Waals surface area contributed by atoms with Crippen LogP contribution in [0.2, 0.25) is 5.02 Å². The maximum Gasteiger partial charge on any atom is 0.416 e. The van der Waals surface area contributed by atoms with Crippen LogP contribution in [-0.4, -0.2) is 26.3 Å². The highest BCUT2D eigenvalue weighted by Crippen LogP contribution is 2.32. The molecule has 0 aliphatic carbocycles. The molecule has 0 bridgehead atoms. The van der Waals surface area contributed by atoms with Crippen molar-refractivity contribution in [3.05, 3.63) is 64.8 Å². The van der Waals surface area contributed by atoms with Gasteiger partial charge in [0.15, 0.2) is 5.82 Å². The first-order valence-corrected chi connectivity index (χ1v) is 7.71. The number of halogens is 4. The first-order chi connectivity index (χ1) is 12.7. The fourth-order valence-electron chi connectivity index (χ4n) is 2.09. The number of ether oxygens (including phenoxy) is 1. The number of hydrogen-bond donors (Lipinski definition) is 1. The molecule has 3 rings (SSSR count). The normalized spacial score (nSPS) is 11.3. The summed E-state index contributed by atoms with van der Waals surface area (Å²) in [6.45, 7) is 0. The molecule has 0 atom stereocenters. The Hall–Kier alpha value is -3.20. The fraction of sp³-hybridized carbons (Fsp3) is 0.0588. The van der Waals surface area contributed by atoms with Crippen molar-refractivity contribution in [1.82, 2.24) is 15.2 Å². The quantitative estimate of drug-likeness (QED) is 0.689. The Bertz CT molecular complexity index is 995. The van der Waals surface area contributed by atoms with Gasteiger partial charge < -0.3 is 9.84 Å². The van der Waals surface area contributed by atoms with E-state index in [9.17, 15) is 23.1 Å². The van der Waals surface area contributed by atoms with Gasteiger partial charge in [0.25, 0.3) is 5.88 Å². The van der Waals surface area contributed by atoms with E-state index in [-0.39, 0.29) is 17.1 Å². The lowest BCUT2D eigenvalue weighted by molar-refractivity contribution is -0.137. The van der Waals surface area contributed by atoms with E-state index >= 15 is 0 Å². The molecular formula is C17H9ClF3N3O3. The van der Waals surface area contributed by atoms with E-state index in [1.165, 1.54) is 36.4 Å². The third-order valence-corrected chi connectivity index (χ3v) is 3.59. The van der Waals surface area contributed by atoms with Crippen molar-refractivity contribution in [2.75, 3.05) is 0 Å². The number of carboxylic acids is 1. The molecular weight excluding hydrogens is 387 g/mol. The lowest BCUT2D eigenvalue weighted by Gasteiger charge is -2.10. The highest BCUT2D eigenvalue weighted by atomic mass is 35.5. The average molecular weight is 396 g/mol. The second-order valence-electron chi connectivity index (χ2n) is 5.23. The van der Waals surface area contributed by atoms with Crippen LogP contribution in [0.1, 0.15) is 16.1 Å². The molecule has 0 saturated carbocycles. The van der Waals surface area contributed by atoms with Crippen LogP contribution in [0, 0.1) is 0 Å². The van der Waals surface area contributed by atoms with E-state index in [1.54, 1.807) is 0 Å². The molecule has 0 aliphatic rings. The molecule has 1 heterocycles. The number of carbonyl (C=O) groups is 1. The number of rotatable bonds is 4. The number of benzene rings is 2. The van der Waals surface area contributed by atoms with E-state index in [0.717, 1.165) is 12.1 Å². The number of nitrogens with zero attached hydrogens (tertiary/aromatic N) is 3. The zero-order valence-electron chi connectivity index (χ0n) is 13.2. The van der Waals surface area contributed by atoms with E-state index in [2.05, 4.69) is 15.2 Å². The molecule has 1 N–H and O–H groups in total. The van der Waals surface area contributed by atoms with Crippen LogP contribution in [0.4, 0.5) is 13.2 Å². The van der Waals surface area contributed by atoms with Crippen molar-refractivity contribution in [1.29, 1.82) is 0 Å². The van der Waals surface area contributed by atoms with Gasteiger partial charge >= 0.3 is 12.1 Å². The maximum absolute atomic E-state index is 12.9. The summed E-state index contributed by atoms with van der Waals surface area (Å²) in [7, 11) is 0. The first kappa shape index (κ1) is 18.6. The third-order valence-electron chi connectivity index (χ3n) is 3.33. The molecule has 138 valence electrons. The monoisotopic (exact) mass is 395 g/mol. The SMILES string of the molecule is O=C(O)c1nnc(-c2cccc(C(F)(F)F)c2)nc1Oc1ccc(Cl)cc1. The molecule has 1 aromatic heterocycles. The zero-order chi connectivity index (χ0) is 19.6. The summed E-state index contributed by atoms with van der Waals surface area (Å²) in [6.07, 6.45) is -4.55. The van der Waals surface area contributed by atoms with Gasteiger partial charge in [-0.05, 0) is 36.4 Å². The van der Waals surface area contributed by atoms with Gasteiger partial charge in [-0.25, -0.2) is 4.79 Å². The Labute approximate surface area is 155 Å². The molecule has 0 unspecified atom stereocenters. The van der Waals surface area contributed by atoms with Crippen molar-refractivity contribution in [2.45, 2.75) is 6.18 Å². The predicted molar refractivity (Wildman–Crippen MR) is 88.8 cm³/mol. The lowest BCUT2D eigenvalue weighted by Crippen LogP contribution is -2.09. The summed E-state index contributed by atoms with van der Waals surface area (Å²) in [4.78, 5) is 15.2. The summed E-state index contributed by atoms with van der Waals surface area (Å²) >= 11 is 5.77. The standard InChI is InChI=1S/C17H9ClF3N3O3/c18-11-4-6-12(7-5-11)27-15-13(16(25)26)23-24-14(22-15)9-2-1-3-10(8-9)17(19,20)21/h1-8H,(H,25,26). The van der Waals surface area contributed by atoms with E-state index in [0.29, 0.717) is 5.02 Å². The summed E-state index contributed by atoms with van der Waals surface area (Å²) in [6, 6.07) is 10.2. The minimum Gasteiger partial charge on any atom is -0.476 e. The van der Waals surface area contributed by atoms with Crippen molar-refractivity contribution in [2.24, 2.45) is 0 Å². The molecule has 0 amide bonds. The summed E-state index contributed by atoms with van der Waals surface area (Å²) in [5.74, 6) is -1.85. The van der Waals surface area contributed by atoms with Gasteiger partial charge in [0.05, 0.1) is 5.56 Å². The zero-order valence-corrected chi connectivity index (χ0v) is 14.0. The molecule has 10 heteroatoms. The summed E-state index contributed by atoms with van der Waals surface area (Å²) < 4.78 is 44.1. The molecule has 3 aromatic rings. The second kappa shape index (κ2) is 7.20. The Balaban J connectivity index is 2.03. The molecule has 0 aliphatic heterocycles. The van der Waals surface area contributed by atoms with E-state index in [4.69, 9.17) is 16.3 Å². The average Bonchev–Trinajstić information content (AvgIpc) is 2.63. The molecule has 2 aromatic carbocycles. The fourth-order valence-corrected chi connectivity index (χ4v) is 2.21. The summed E-state index contributed by atoms with van der Waals surface area (Å²) in [5, 5.41) is 16.8. The van der Waals surface area contributed by atoms with Crippen molar-refractivity contribution in [3.8, 4) is 23.0 Å². The van der Waals surface area contributed by atoms with Crippen LogP contribution < -0.4 is 4.74 Å². The largest absolute Gasteiger partial charge is 0.476 e. The summed E-state index contributed by atoms with van der Waals surface area (Å²) in [5.41, 5.74) is -1.47. The van der Waals surface area contributed by atoms with Crippen LogP contribution in [-0.2, 0) is 6.18 Å². The lowest BCUT2D eigenvalue weighted by atomic mass is 10.1. The molecule has 0 radical (unpaired) electrons. The molecule has 0 saturated heterocycles. The highest BCUT2D eigenvalue weighted by Gasteiger charge is 2.31. The number of hydrogen-bond acceptors (Lipinski definition) is 5. The highest BCUT2D eigenvalue weighted by molar-refractivity contribution is 6.30. The van der Waals surface area contributed by atoms with Crippen LogP contribution in [0.25, 0.3) is 11.4 Å². The van der Waals surface area contributed by atoms with Gasteiger partial charge in [0, 0.05) is 10.6 Å². The Morgan fingerprint density at radius 3 is 2.41 bits per heavy atom. The predicted octanol–water partition coefficient (Wildman–Crippen LogP) is 4.70. The van der Waals surface area contributed by atoms with Crippen LogP contribution in [0.5, 0.6) is 11.6 Å². The first-order valence-electron chi connectivity index (χ1n) is 7.33. The van der Waals surface area contributed by atoms with Crippen LogP contribution >= 0.6 is 11.6 Å². The molecule has 27 heavy (non-hydrogen) atoms. The van der Waals surface area contributed by atoms with E-state index < -0.39 is 29.3 Å². The molecule has 6 nitrogen and oxygen atoms in total. The Morgan fingerprint density at radius 1 is 1.07 bits per heavy atom. The van der Waals surface area contributed by atoms with Gasteiger partial charge in [0.2, 0.25) is 5.69 Å². The van der Waals surface area contributed by atoms with Gasteiger partial charge in [0.1, 0.15) is 5.75 Å². The number of aromatic carboxylic acids is 1. The van der Waals surface area contributed by atoms with Crippen LogP contribution in [0.3, 0.4) is 0 Å². The van der Waals surface area contributed by atoms with Gasteiger partial charge in [-0.1, -0.05) is 23.7 Å². The smallest absolute Gasteiger partial charge is 0.416 e. The van der Waals surface area contributed by atoms with Gasteiger partial charge in [-0.15, -0.1) is 10.2 Å². The minimum absolute atomic E-state index is 0.00946. The van der Waals surface area contributed by atoms with Gasteiger partial charge in [-0.2, -0.15) is 18.2 Å². The number of alkyl halides is 3.